The third-order valence-electron chi connectivity index (χ3n) is 8.45. The van der Waals surface area contributed by atoms with Gasteiger partial charge in [0, 0.05) is 11.6 Å². The zero-order valence-corrected chi connectivity index (χ0v) is 18.5. The summed E-state index contributed by atoms with van der Waals surface area (Å²) in [5, 5.41) is 21.2. The topological polar surface area (TPSA) is 66.8 Å². The molecule has 0 radical (unpaired) electrons. The molecule has 0 unspecified atom stereocenters. The van der Waals surface area contributed by atoms with E-state index in [1.54, 1.807) is 0 Å². The van der Waals surface area contributed by atoms with Crippen molar-refractivity contribution < 1.29 is 19.7 Å². The first-order valence-corrected chi connectivity index (χ1v) is 11.1. The van der Waals surface area contributed by atoms with Crippen molar-refractivity contribution in [1.82, 2.24) is 0 Å². The van der Waals surface area contributed by atoms with Gasteiger partial charge in [0.25, 0.3) is 0 Å². The van der Waals surface area contributed by atoms with Crippen LogP contribution in [0.15, 0.2) is 35.5 Å². The van der Waals surface area contributed by atoms with Gasteiger partial charge in [0.2, 0.25) is 0 Å². The zero-order valence-electron chi connectivity index (χ0n) is 18.5. The van der Waals surface area contributed by atoms with Crippen LogP contribution in [0, 0.1) is 22.7 Å². The first-order valence-electron chi connectivity index (χ1n) is 11.1. The first kappa shape index (κ1) is 22.3. The Labute approximate surface area is 175 Å². The van der Waals surface area contributed by atoms with Crippen LogP contribution < -0.4 is 0 Å². The quantitative estimate of drug-likeness (QED) is 0.498. The van der Waals surface area contributed by atoms with Crippen molar-refractivity contribution in [2.75, 3.05) is 6.61 Å². The van der Waals surface area contributed by atoms with Crippen molar-refractivity contribution in [1.29, 1.82) is 0 Å². The lowest BCUT2D eigenvalue weighted by atomic mass is 9.45. The van der Waals surface area contributed by atoms with Crippen LogP contribution in [0.25, 0.3) is 0 Å². The highest BCUT2D eigenvalue weighted by Crippen LogP contribution is 2.62. The molecule has 29 heavy (non-hydrogen) atoms. The van der Waals surface area contributed by atoms with Gasteiger partial charge in [-0.2, -0.15) is 0 Å². The van der Waals surface area contributed by atoms with Crippen molar-refractivity contribution >= 4 is 5.97 Å². The van der Waals surface area contributed by atoms with Crippen molar-refractivity contribution in [3.05, 3.63) is 35.5 Å². The number of allylic oxidation sites excluding steroid dienone is 2. The van der Waals surface area contributed by atoms with Crippen molar-refractivity contribution in [2.24, 2.45) is 22.7 Å². The number of fused-ring (bicyclic) bond motifs is 1. The van der Waals surface area contributed by atoms with Gasteiger partial charge in [-0.1, -0.05) is 44.6 Å². The summed E-state index contributed by atoms with van der Waals surface area (Å²) in [5.41, 5.74) is 3.33. The molecule has 162 valence electrons. The zero-order chi connectivity index (χ0) is 21.4. The summed E-state index contributed by atoms with van der Waals surface area (Å²) < 4.78 is 4.88. The minimum atomic E-state index is -0.660. The van der Waals surface area contributed by atoms with Crippen LogP contribution in [-0.4, -0.2) is 35.0 Å². The number of hydrogen-bond donors (Lipinski definition) is 2. The standard InChI is InChI=1S/C25H38O4/c1-16(9-10-20(26)19-13-23(28)29-15-19)11-12-24(4)18(3)21(27)14-25(5)17(2)7-6-8-22(24)25/h9,13,18,20-22,26-27H,2,6-8,10-12,14-15H2,1,3-5H3/b16-9+/t18-,20+,21+,22-,24+,25+/m0/s1. The summed E-state index contributed by atoms with van der Waals surface area (Å²) in [4.78, 5) is 11.2. The summed E-state index contributed by atoms with van der Waals surface area (Å²) in [6.45, 7) is 13.6. The van der Waals surface area contributed by atoms with Gasteiger partial charge in [0.15, 0.2) is 0 Å². The Hall–Kier alpha value is -1.39. The van der Waals surface area contributed by atoms with Gasteiger partial charge >= 0.3 is 5.97 Å². The second-order valence-corrected chi connectivity index (χ2v) is 10.2. The Morgan fingerprint density at radius 1 is 1.45 bits per heavy atom. The first-order chi connectivity index (χ1) is 13.6. The van der Waals surface area contributed by atoms with Gasteiger partial charge in [-0.05, 0) is 74.5 Å². The predicted octanol–water partition coefficient (Wildman–Crippen LogP) is 4.72. The molecule has 0 aromatic rings. The second-order valence-electron chi connectivity index (χ2n) is 10.2. The Kier molecular flexibility index (Phi) is 6.45. The Morgan fingerprint density at radius 2 is 2.17 bits per heavy atom. The van der Waals surface area contributed by atoms with Crippen molar-refractivity contribution in [3.63, 3.8) is 0 Å². The summed E-state index contributed by atoms with van der Waals surface area (Å²) in [6, 6.07) is 0. The molecule has 3 rings (SSSR count). The third kappa shape index (κ3) is 4.25. The van der Waals surface area contributed by atoms with E-state index in [-0.39, 0.29) is 35.4 Å². The van der Waals surface area contributed by atoms with Crippen molar-refractivity contribution in [3.8, 4) is 0 Å². The van der Waals surface area contributed by atoms with Gasteiger partial charge in [0.05, 0.1) is 12.2 Å². The summed E-state index contributed by atoms with van der Waals surface area (Å²) in [5.74, 6) is 0.450. The van der Waals surface area contributed by atoms with Crippen LogP contribution in [0.2, 0.25) is 0 Å². The van der Waals surface area contributed by atoms with Gasteiger partial charge in [-0.15, -0.1) is 0 Å². The Balaban J connectivity index is 1.67. The van der Waals surface area contributed by atoms with Gasteiger partial charge in [-0.3, -0.25) is 0 Å². The molecular weight excluding hydrogens is 364 g/mol. The van der Waals surface area contributed by atoms with E-state index in [0.29, 0.717) is 17.9 Å². The van der Waals surface area contributed by atoms with E-state index in [2.05, 4.69) is 40.3 Å². The highest BCUT2D eigenvalue weighted by molar-refractivity contribution is 5.85. The highest BCUT2D eigenvalue weighted by Gasteiger charge is 2.56. The molecule has 0 saturated heterocycles. The Morgan fingerprint density at radius 3 is 2.83 bits per heavy atom. The largest absolute Gasteiger partial charge is 0.458 e. The van der Waals surface area contributed by atoms with Crippen LogP contribution in [0.5, 0.6) is 0 Å². The fourth-order valence-corrected chi connectivity index (χ4v) is 6.10. The molecule has 1 aliphatic heterocycles. The van der Waals surface area contributed by atoms with E-state index >= 15 is 0 Å². The lowest BCUT2D eigenvalue weighted by molar-refractivity contribution is -0.135. The molecular formula is C25H38O4. The second kappa shape index (κ2) is 8.39. The smallest absolute Gasteiger partial charge is 0.331 e. The number of cyclic esters (lactones) is 1. The fourth-order valence-electron chi connectivity index (χ4n) is 6.10. The number of ether oxygens (including phenoxy) is 1. The minimum Gasteiger partial charge on any atom is -0.458 e. The predicted molar refractivity (Wildman–Crippen MR) is 115 cm³/mol. The SMILES string of the molecule is C=C1CCC[C@H]2[C@](C)(CC/C(C)=C/C[C@@H](O)C3=CC(=O)OC3)[C@@H](C)[C@H](O)C[C@]12C. The average molecular weight is 403 g/mol. The third-order valence-corrected chi connectivity index (χ3v) is 8.45. The molecule has 6 atom stereocenters. The van der Waals surface area contributed by atoms with Gasteiger partial charge in [-0.25, -0.2) is 4.79 Å². The summed E-state index contributed by atoms with van der Waals surface area (Å²) in [7, 11) is 0. The van der Waals surface area contributed by atoms with Gasteiger partial charge in [0.1, 0.15) is 6.61 Å². The van der Waals surface area contributed by atoms with E-state index in [1.807, 2.05) is 0 Å². The monoisotopic (exact) mass is 402 g/mol. The number of hydrogen-bond acceptors (Lipinski definition) is 4. The van der Waals surface area contributed by atoms with Crippen LogP contribution >= 0.6 is 0 Å². The lowest BCUT2D eigenvalue weighted by Crippen LogP contribution is -2.55. The lowest BCUT2D eigenvalue weighted by Gasteiger charge is -2.60. The van der Waals surface area contributed by atoms with Crippen molar-refractivity contribution in [2.45, 2.75) is 84.8 Å². The average Bonchev–Trinajstić information content (AvgIpc) is 3.11. The van der Waals surface area contributed by atoms with E-state index in [0.717, 1.165) is 25.7 Å². The molecule has 0 aromatic heterocycles. The number of carbonyl (C=O) groups excluding carboxylic acids is 1. The maximum atomic E-state index is 11.2. The van der Waals surface area contributed by atoms with Crippen LogP contribution in [-0.2, 0) is 9.53 Å². The molecule has 0 aromatic carbocycles. The number of aliphatic hydroxyl groups is 2. The summed E-state index contributed by atoms with van der Waals surface area (Å²) >= 11 is 0. The number of esters is 1. The van der Waals surface area contributed by atoms with Gasteiger partial charge < -0.3 is 14.9 Å². The molecule has 2 aliphatic carbocycles. The fraction of sp³-hybridized carbons (Fsp3) is 0.720. The minimum absolute atomic E-state index is 0.0359. The number of rotatable bonds is 6. The molecule has 2 saturated carbocycles. The molecule has 3 aliphatic rings. The molecule has 4 heteroatoms. The van der Waals surface area contributed by atoms with Crippen LogP contribution in [0.4, 0.5) is 0 Å². The number of carbonyl (C=O) groups is 1. The summed E-state index contributed by atoms with van der Waals surface area (Å²) in [6.07, 6.45) is 9.36. The molecule has 2 N–H and O–H groups in total. The molecule has 0 bridgehead atoms. The van der Waals surface area contributed by atoms with E-state index < -0.39 is 6.10 Å². The molecule has 0 amide bonds. The van der Waals surface area contributed by atoms with E-state index in [9.17, 15) is 15.0 Å². The maximum Gasteiger partial charge on any atom is 0.331 e. The molecule has 1 heterocycles. The van der Waals surface area contributed by atoms with Crippen LogP contribution in [0.3, 0.4) is 0 Å². The normalized spacial score (nSPS) is 39.0. The highest BCUT2D eigenvalue weighted by atomic mass is 16.5. The van der Waals surface area contributed by atoms with Crippen LogP contribution in [0.1, 0.15) is 72.6 Å². The van der Waals surface area contributed by atoms with E-state index in [4.69, 9.17) is 4.74 Å². The molecule has 2 fully saturated rings. The maximum absolute atomic E-state index is 11.2. The molecule has 0 spiro atoms. The van der Waals surface area contributed by atoms with E-state index in [1.165, 1.54) is 30.1 Å². The molecule has 4 nitrogen and oxygen atoms in total. The number of aliphatic hydroxyl groups excluding tert-OH is 2. The Bertz CT molecular complexity index is 720.